The summed E-state index contributed by atoms with van der Waals surface area (Å²) < 4.78 is 5.63. The smallest absolute Gasteiger partial charge is 0.321 e. The minimum Gasteiger partial charge on any atom is -0.426 e. The van der Waals surface area contributed by atoms with Gasteiger partial charge in [0.2, 0.25) is 0 Å². The van der Waals surface area contributed by atoms with Gasteiger partial charge in [0.1, 0.15) is 5.75 Å². The fourth-order valence-electron chi connectivity index (χ4n) is 2.93. The molecule has 2 aromatic carbocycles. The molecule has 0 radical (unpaired) electrons. The Labute approximate surface area is 153 Å². The highest BCUT2D eigenvalue weighted by Gasteiger charge is 2.53. The summed E-state index contributed by atoms with van der Waals surface area (Å²) in [7, 11) is 0. The van der Waals surface area contributed by atoms with Crippen LogP contribution in [0, 0.1) is 6.92 Å². The molecule has 0 aliphatic heterocycles. The molecule has 3 rings (SSSR count). The summed E-state index contributed by atoms with van der Waals surface area (Å²) in [5.41, 5.74) is 2.19. The van der Waals surface area contributed by atoms with Gasteiger partial charge in [-0.05, 0) is 43.9 Å². The zero-order chi connectivity index (χ0) is 18.6. The van der Waals surface area contributed by atoms with Crippen molar-refractivity contribution in [2.45, 2.75) is 38.5 Å². The Balaban J connectivity index is 1.68. The van der Waals surface area contributed by atoms with E-state index < -0.39 is 5.41 Å². The number of benzene rings is 2. The van der Waals surface area contributed by atoms with Gasteiger partial charge in [-0.1, -0.05) is 42.8 Å². The summed E-state index contributed by atoms with van der Waals surface area (Å²) in [6, 6.07) is 14.6. The molecule has 0 unspecified atom stereocenters. The topological polar surface area (TPSA) is 67.4 Å². The molecule has 5 nitrogen and oxygen atoms in total. The third-order valence-corrected chi connectivity index (χ3v) is 4.55. The molecule has 0 spiro atoms. The number of aryl methyl sites for hydroxylation is 1. The highest BCUT2D eigenvalue weighted by molar-refractivity contribution is 5.90. The average Bonchev–Trinajstić information content (AvgIpc) is 3.42. The molecule has 0 atom stereocenters. The predicted molar refractivity (Wildman–Crippen MR) is 101 cm³/mol. The highest BCUT2D eigenvalue weighted by Crippen LogP contribution is 2.49. The summed E-state index contributed by atoms with van der Waals surface area (Å²) in [5, 5.41) is 5.49. The number of carbonyl (C=O) groups excluding carboxylic acids is 2. The van der Waals surface area contributed by atoms with E-state index in [0.29, 0.717) is 18.0 Å². The normalized spacial score (nSPS) is 14.4. The molecule has 0 saturated heterocycles. The number of hydrogen-bond acceptors (Lipinski definition) is 3. The molecule has 136 valence electrons. The van der Waals surface area contributed by atoms with Crippen LogP contribution < -0.4 is 15.4 Å². The first-order valence-electron chi connectivity index (χ1n) is 8.98. The molecule has 1 fully saturated rings. The van der Waals surface area contributed by atoms with E-state index in [4.69, 9.17) is 4.74 Å². The van der Waals surface area contributed by atoms with E-state index >= 15 is 0 Å². The minimum atomic E-state index is -0.534. The van der Waals surface area contributed by atoms with Gasteiger partial charge >= 0.3 is 12.0 Å². The first-order valence-corrected chi connectivity index (χ1v) is 8.98. The van der Waals surface area contributed by atoms with Crippen LogP contribution in [-0.2, 0) is 10.2 Å². The van der Waals surface area contributed by atoms with Gasteiger partial charge in [0.25, 0.3) is 0 Å². The Hall–Kier alpha value is -2.82. The molecule has 0 bridgehead atoms. The van der Waals surface area contributed by atoms with Gasteiger partial charge in [-0.3, -0.25) is 4.79 Å². The predicted octanol–water partition coefficient (Wildman–Crippen LogP) is 4.16. The summed E-state index contributed by atoms with van der Waals surface area (Å²) in [4.78, 5) is 24.5. The number of nitrogens with one attached hydrogen (secondary N) is 2. The number of rotatable bonds is 6. The summed E-state index contributed by atoms with van der Waals surface area (Å²) >= 11 is 0. The van der Waals surface area contributed by atoms with Crippen LogP contribution in [0.5, 0.6) is 5.75 Å². The number of anilines is 1. The van der Waals surface area contributed by atoms with E-state index in [2.05, 4.69) is 10.6 Å². The Morgan fingerprint density at radius 1 is 1.12 bits per heavy atom. The lowest BCUT2D eigenvalue weighted by Gasteiger charge is -2.16. The van der Waals surface area contributed by atoms with Crippen LogP contribution in [0.3, 0.4) is 0 Å². The molecule has 5 heteroatoms. The number of hydrogen-bond donors (Lipinski definition) is 2. The van der Waals surface area contributed by atoms with Gasteiger partial charge in [0.05, 0.1) is 5.41 Å². The van der Waals surface area contributed by atoms with Crippen LogP contribution in [0.1, 0.15) is 37.3 Å². The van der Waals surface area contributed by atoms with Crippen LogP contribution in [0.4, 0.5) is 10.5 Å². The van der Waals surface area contributed by atoms with Crippen LogP contribution in [0.15, 0.2) is 48.5 Å². The second-order valence-electron chi connectivity index (χ2n) is 6.75. The van der Waals surface area contributed by atoms with Crippen LogP contribution in [0.2, 0.25) is 0 Å². The second-order valence-corrected chi connectivity index (χ2v) is 6.75. The molecule has 26 heavy (non-hydrogen) atoms. The number of carbonyl (C=O) groups is 2. The summed E-state index contributed by atoms with van der Waals surface area (Å²) in [6.07, 6.45) is 2.46. The molecule has 1 saturated carbocycles. The maximum Gasteiger partial charge on any atom is 0.321 e. The number of amides is 2. The Bertz CT molecular complexity index is 812. The van der Waals surface area contributed by atoms with Crippen molar-refractivity contribution in [1.29, 1.82) is 0 Å². The SMILES string of the molecule is CCCNC(=O)Nc1cccc(OC(=O)C2(c3cccc(C)c3)CC2)c1. The molecule has 1 aliphatic rings. The van der Waals surface area contributed by atoms with Gasteiger partial charge in [-0.25, -0.2) is 4.79 Å². The van der Waals surface area contributed by atoms with Crippen molar-refractivity contribution >= 4 is 17.7 Å². The standard InChI is InChI=1S/C21H24N2O3/c1-3-12-22-20(25)23-17-8-5-9-18(14-17)26-19(24)21(10-11-21)16-7-4-6-15(2)13-16/h4-9,13-14H,3,10-12H2,1-2H3,(H2,22,23,25). The number of esters is 1. The van der Waals surface area contributed by atoms with Crippen molar-refractivity contribution in [3.63, 3.8) is 0 Å². The van der Waals surface area contributed by atoms with Gasteiger partial charge in [0, 0.05) is 18.3 Å². The van der Waals surface area contributed by atoms with Crippen molar-refractivity contribution in [3.8, 4) is 5.75 Å². The minimum absolute atomic E-state index is 0.240. The van der Waals surface area contributed by atoms with Crippen molar-refractivity contribution in [2.24, 2.45) is 0 Å². The maximum absolute atomic E-state index is 12.8. The second kappa shape index (κ2) is 7.60. The van der Waals surface area contributed by atoms with Crippen molar-refractivity contribution in [2.75, 3.05) is 11.9 Å². The van der Waals surface area contributed by atoms with E-state index in [1.807, 2.05) is 38.1 Å². The molecular formula is C21H24N2O3. The van der Waals surface area contributed by atoms with E-state index in [0.717, 1.165) is 30.4 Å². The Morgan fingerprint density at radius 3 is 2.58 bits per heavy atom. The first-order chi connectivity index (χ1) is 12.5. The fraction of sp³-hybridized carbons (Fsp3) is 0.333. The monoisotopic (exact) mass is 352 g/mol. The zero-order valence-electron chi connectivity index (χ0n) is 15.2. The molecule has 0 heterocycles. The van der Waals surface area contributed by atoms with E-state index in [1.54, 1.807) is 24.3 Å². The van der Waals surface area contributed by atoms with Gasteiger partial charge in [-0.15, -0.1) is 0 Å². The highest BCUT2D eigenvalue weighted by atomic mass is 16.5. The zero-order valence-corrected chi connectivity index (χ0v) is 15.2. The van der Waals surface area contributed by atoms with Crippen molar-refractivity contribution < 1.29 is 14.3 Å². The Morgan fingerprint density at radius 2 is 1.88 bits per heavy atom. The third kappa shape index (κ3) is 4.04. The average molecular weight is 352 g/mol. The Kier molecular flexibility index (Phi) is 5.26. The first kappa shape index (κ1) is 18.0. The molecular weight excluding hydrogens is 328 g/mol. The lowest BCUT2D eigenvalue weighted by Crippen LogP contribution is -2.29. The molecule has 2 aromatic rings. The van der Waals surface area contributed by atoms with E-state index in [1.165, 1.54) is 0 Å². The summed E-state index contributed by atoms with van der Waals surface area (Å²) in [6.45, 7) is 4.62. The van der Waals surface area contributed by atoms with Crippen molar-refractivity contribution in [3.05, 3.63) is 59.7 Å². The molecule has 0 aromatic heterocycles. The van der Waals surface area contributed by atoms with Gasteiger partial charge in [0.15, 0.2) is 0 Å². The van der Waals surface area contributed by atoms with E-state index in [9.17, 15) is 9.59 Å². The quantitative estimate of drug-likeness (QED) is 0.606. The lowest BCUT2D eigenvalue weighted by atomic mass is 9.95. The molecule has 2 amide bonds. The molecule has 1 aliphatic carbocycles. The summed E-state index contributed by atoms with van der Waals surface area (Å²) in [5.74, 6) is 0.193. The largest absolute Gasteiger partial charge is 0.426 e. The lowest BCUT2D eigenvalue weighted by molar-refractivity contribution is -0.137. The number of urea groups is 1. The fourth-order valence-corrected chi connectivity index (χ4v) is 2.93. The van der Waals surface area contributed by atoms with Gasteiger partial charge in [-0.2, -0.15) is 0 Å². The van der Waals surface area contributed by atoms with Crippen LogP contribution in [0.25, 0.3) is 0 Å². The van der Waals surface area contributed by atoms with Gasteiger partial charge < -0.3 is 15.4 Å². The third-order valence-electron chi connectivity index (χ3n) is 4.55. The van der Waals surface area contributed by atoms with Crippen molar-refractivity contribution in [1.82, 2.24) is 5.32 Å². The van der Waals surface area contributed by atoms with Crippen LogP contribution in [-0.4, -0.2) is 18.5 Å². The molecule has 2 N–H and O–H groups in total. The van der Waals surface area contributed by atoms with E-state index in [-0.39, 0.29) is 12.0 Å². The van der Waals surface area contributed by atoms with Crippen LogP contribution >= 0.6 is 0 Å². The maximum atomic E-state index is 12.8. The number of ether oxygens (including phenoxy) is 1.